The van der Waals surface area contributed by atoms with E-state index in [1.807, 2.05) is 3.21 Å². The van der Waals surface area contributed by atoms with Crippen LogP contribution < -0.4 is 3.27 Å². The zero-order chi connectivity index (χ0) is 29.9. The standard InChI is InChI=1S/C33H33.C5H5.C4H6.Zr/c1-32(2,3)30-20-26-24(18-28(30)22-13-9-7-10-14-22)17-25-19-29(23-15-11-8-12-16-23)31(21-27(25)26)33(4,5)6;1-2-4-5-3-1;1-2-4-3-1;/h7-16,18,20-21H,17H2,1-6H3;1-3H,4H2;1-3H2;. The van der Waals surface area contributed by atoms with Gasteiger partial charge in [-0.05, 0) is 0 Å². The van der Waals surface area contributed by atoms with Gasteiger partial charge in [0, 0.05) is 0 Å². The SMILES string of the molecule is CC(C)(C)c1cc2c(cc1-c1ccccc1)Cc1c-2cc(C(C)(C)C)c(-c2ccccc2)[c]1[Zr]([C]1=CC=CC1)=[C]1CCC1. The summed E-state index contributed by atoms with van der Waals surface area (Å²) in [5.41, 5.74) is 14.9. The van der Waals surface area contributed by atoms with E-state index in [1.165, 1.54) is 63.8 Å². The van der Waals surface area contributed by atoms with E-state index in [-0.39, 0.29) is 10.8 Å². The molecule has 0 spiro atoms. The van der Waals surface area contributed by atoms with Crippen molar-refractivity contribution in [1.29, 1.82) is 0 Å². The Morgan fingerprint density at radius 1 is 0.651 bits per heavy atom. The molecular weight excluding hydrogens is 596 g/mol. The molecule has 4 aromatic rings. The van der Waals surface area contributed by atoms with Crippen LogP contribution in [-0.4, -0.2) is 3.21 Å². The van der Waals surface area contributed by atoms with Crippen LogP contribution in [0.15, 0.2) is 100 Å². The maximum atomic E-state index is 2.62. The molecule has 0 bridgehead atoms. The minimum absolute atomic E-state index is 0.0371. The summed E-state index contributed by atoms with van der Waals surface area (Å²) in [6, 6.07) is 30.2. The van der Waals surface area contributed by atoms with Crippen molar-refractivity contribution in [2.24, 2.45) is 0 Å². The minimum atomic E-state index is -2.34. The molecule has 0 aliphatic heterocycles. The van der Waals surface area contributed by atoms with Crippen LogP contribution in [-0.2, 0) is 38.5 Å². The molecule has 0 amide bonds. The molecule has 43 heavy (non-hydrogen) atoms. The normalized spacial score (nSPS) is 15.7. The molecule has 0 N–H and O–H groups in total. The molecular formula is C42H44Zr. The first-order valence-electron chi connectivity index (χ1n) is 16.2. The van der Waals surface area contributed by atoms with Crippen LogP contribution in [0.1, 0.15) is 89.5 Å². The Balaban J connectivity index is 1.58. The number of fused-ring (bicyclic) bond motifs is 3. The van der Waals surface area contributed by atoms with Crippen molar-refractivity contribution in [1.82, 2.24) is 0 Å². The van der Waals surface area contributed by atoms with Crippen molar-refractivity contribution in [2.45, 2.75) is 84.5 Å². The van der Waals surface area contributed by atoms with Gasteiger partial charge in [0.05, 0.1) is 0 Å². The number of hydrogen-bond donors (Lipinski definition) is 0. The number of hydrogen-bond acceptors (Lipinski definition) is 0. The molecule has 7 rings (SSSR count). The first kappa shape index (κ1) is 28.9. The third-order valence-corrected chi connectivity index (χ3v) is 17.8. The van der Waals surface area contributed by atoms with Crippen molar-refractivity contribution in [3.05, 3.63) is 123 Å². The predicted molar refractivity (Wildman–Crippen MR) is 183 cm³/mol. The second kappa shape index (κ2) is 10.9. The summed E-state index contributed by atoms with van der Waals surface area (Å²) in [6.07, 6.45) is 13.5. The maximum absolute atomic E-state index is 2.62. The monoisotopic (exact) mass is 638 g/mol. The molecule has 0 nitrogen and oxygen atoms in total. The van der Waals surface area contributed by atoms with Crippen LogP contribution in [0.3, 0.4) is 0 Å². The van der Waals surface area contributed by atoms with Crippen LogP contribution >= 0.6 is 0 Å². The van der Waals surface area contributed by atoms with Gasteiger partial charge in [-0.2, -0.15) is 0 Å². The van der Waals surface area contributed by atoms with Crippen molar-refractivity contribution >= 4 is 6.48 Å². The molecule has 0 heterocycles. The van der Waals surface area contributed by atoms with E-state index in [1.54, 1.807) is 17.7 Å². The molecule has 3 aliphatic carbocycles. The van der Waals surface area contributed by atoms with Gasteiger partial charge in [-0.1, -0.05) is 0 Å². The zero-order valence-electron chi connectivity index (χ0n) is 26.8. The molecule has 0 aromatic heterocycles. The topological polar surface area (TPSA) is 0 Å². The molecule has 0 atom stereocenters. The number of benzene rings is 4. The summed E-state index contributed by atoms with van der Waals surface area (Å²) in [5.74, 6) is 0. The van der Waals surface area contributed by atoms with Gasteiger partial charge in [0.1, 0.15) is 0 Å². The first-order chi connectivity index (χ1) is 20.6. The quantitative estimate of drug-likeness (QED) is 0.184. The van der Waals surface area contributed by atoms with E-state index < -0.39 is 21.3 Å². The van der Waals surface area contributed by atoms with E-state index >= 15 is 0 Å². The summed E-state index contributed by atoms with van der Waals surface area (Å²) >= 11 is -2.34. The average Bonchev–Trinajstić information content (AvgIpc) is 3.61. The second-order valence-corrected chi connectivity index (χ2v) is 21.2. The summed E-state index contributed by atoms with van der Waals surface area (Å²) in [5, 5.41) is 0. The molecule has 216 valence electrons. The third kappa shape index (κ3) is 5.17. The van der Waals surface area contributed by atoms with Crippen molar-refractivity contribution in [3.8, 4) is 33.4 Å². The van der Waals surface area contributed by atoms with Crippen LogP contribution in [0.4, 0.5) is 0 Å². The van der Waals surface area contributed by atoms with Gasteiger partial charge in [-0.15, -0.1) is 0 Å². The Kier molecular flexibility index (Phi) is 7.33. The fraction of sp³-hybridized carbons (Fsp3) is 0.310. The zero-order valence-corrected chi connectivity index (χ0v) is 29.2. The van der Waals surface area contributed by atoms with Crippen molar-refractivity contribution in [3.63, 3.8) is 0 Å². The molecule has 1 saturated carbocycles. The molecule has 4 aromatic carbocycles. The first-order valence-corrected chi connectivity index (χ1v) is 19.9. The van der Waals surface area contributed by atoms with E-state index in [9.17, 15) is 0 Å². The van der Waals surface area contributed by atoms with Gasteiger partial charge < -0.3 is 0 Å². The van der Waals surface area contributed by atoms with Gasteiger partial charge in [-0.25, -0.2) is 0 Å². The molecule has 1 fully saturated rings. The Labute approximate surface area is 266 Å². The van der Waals surface area contributed by atoms with Gasteiger partial charge in [0.25, 0.3) is 0 Å². The molecule has 0 unspecified atom stereocenters. The Bertz CT molecular complexity index is 1810. The van der Waals surface area contributed by atoms with Gasteiger partial charge in [-0.3, -0.25) is 0 Å². The van der Waals surface area contributed by atoms with E-state index in [0.717, 1.165) is 12.8 Å². The van der Waals surface area contributed by atoms with E-state index in [2.05, 4.69) is 139 Å². The van der Waals surface area contributed by atoms with Crippen LogP contribution in [0, 0.1) is 0 Å². The Morgan fingerprint density at radius 3 is 1.84 bits per heavy atom. The van der Waals surface area contributed by atoms with Gasteiger partial charge in [0.15, 0.2) is 0 Å². The number of allylic oxidation sites excluding steroid dienone is 4. The number of rotatable bonds is 4. The van der Waals surface area contributed by atoms with Crippen LogP contribution in [0.2, 0.25) is 0 Å². The fourth-order valence-corrected chi connectivity index (χ4v) is 16.3. The Morgan fingerprint density at radius 2 is 1.28 bits per heavy atom. The van der Waals surface area contributed by atoms with Crippen molar-refractivity contribution in [2.75, 3.05) is 0 Å². The third-order valence-electron chi connectivity index (χ3n) is 9.75. The van der Waals surface area contributed by atoms with E-state index in [4.69, 9.17) is 0 Å². The summed E-state index contributed by atoms with van der Waals surface area (Å²) in [4.78, 5) is 0. The average molecular weight is 640 g/mol. The van der Waals surface area contributed by atoms with Gasteiger partial charge in [0.2, 0.25) is 0 Å². The molecule has 3 aliphatic rings. The summed E-state index contributed by atoms with van der Waals surface area (Å²) in [7, 11) is 0. The Hall–Kier alpha value is -2.89. The van der Waals surface area contributed by atoms with Crippen molar-refractivity contribution < 1.29 is 21.3 Å². The molecule has 1 heteroatoms. The summed E-state index contributed by atoms with van der Waals surface area (Å²) < 4.78 is 5.49. The van der Waals surface area contributed by atoms with E-state index in [0.29, 0.717) is 0 Å². The van der Waals surface area contributed by atoms with Crippen LogP contribution in [0.5, 0.6) is 0 Å². The second-order valence-electron chi connectivity index (χ2n) is 14.8. The molecule has 0 radical (unpaired) electrons. The molecule has 0 saturated heterocycles. The fourth-order valence-electron chi connectivity index (χ4n) is 7.43. The summed E-state index contributed by atoms with van der Waals surface area (Å²) in [6.45, 7) is 14.4. The van der Waals surface area contributed by atoms with Gasteiger partial charge >= 0.3 is 268 Å². The predicted octanol–water partition coefficient (Wildman–Crippen LogP) is 10.6. The van der Waals surface area contributed by atoms with Crippen LogP contribution in [0.25, 0.3) is 33.4 Å².